The number of rotatable bonds is 8. The van der Waals surface area contributed by atoms with E-state index in [4.69, 9.17) is 15.2 Å². The maximum absolute atomic E-state index is 13.7. The predicted octanol–water partition coefficient (Wildman–Crippen LogP) is 4.69. The van der Waals surface area contributed by atoms with Crippen LogP contribution in [0.3, 0.4) is 0 Å². The van der Waals surface area contributed by atoms with Crippen molar-refractivity contribution in [2.45, 2.75) is 44.7 Å². The number of carbonyl (C=O) groups excluding carboxylic acids is 2. The molecule has 3 aromatic carbocycles. The molecule has 0 aliphatic heterocycles. The number of ether oxygens (including phenoxy) is 2. The SMILES string of the molecule is COc1cc(CN(C(=O)c2ccc3ccccc3c2)C2CCCCC2)ccc1OCC(N)=O. The molecular weight excluding hydrogens is 416 g/mol. The van der Waals surface area contributed by atoms with Crippen molar-refractivity contribution in [2.24, 2.45) is 5.73 Å². The zero-order valence-corrected chi connectivity index (χ0v) is 19.0. The summed E-state index contributed by atoms with van der Waals surface area (Å²) in [4.78, 5) is 26.8. The molecule has 1 fully saturated rings. The molecule has 6 nitrogen and oxygen atoms in total. The van der Waals surface area contributed by atoms with Crippen molar-refractivity contribution in [3.8, 4) is 11.5 Å². The molecule has 0 unspecified atom stereocenters. The highest BCUT2D eigenvalue weighted by Gasteiger charge is 2.27. The summed E-state index contributed by atoms with van der Waals surface area (Å²) in [7, 11) is 1.55. The van der Waals surface area contributed by atoms with Crippen LogP contribution >= 0.6 is 0 Å². The number of amides is 2. The molecule has 2 amide bonds. The fourth-order valence-corrected chi connectivity index (χ4v) is 4.52. The molecule has 0 spiro atoms. The highest BCUT2D eigenvalue weighted by atomic mass is 16.5. The Balaban J connectivity index is 1.61. The summed E-state index contributed by atoms with van der Waals surface area (Å²) in [5.41, 5.74) is 6.83. The number of benzene rings is 3. The van der Waals surface area contributed by atoms with Crippen LogP contribution in [0.1, 0.15) is 48.0 Å². The first-order valence-corrected chi connectivity index (χ1v) is 11.4. The summed E-state index contributed by atoms with van der Waals surface area (Å²) in [6.07, 6.45) is 5.51. The van der Waals surface area contributed by atoms with Crippen LogP contribution in [0.15, 0.2) is 60.7 Å². The van der Waals surface area contributed by atoms with E-state index in [9.17, 15) is 9.59 Å². The van der Waals surface area contributed by atoms with Gasteiger partial charge in [-0.05, 0) is 53.4 Å². The van der Waals surface area contributed by atoms with Crippen LogP contribution in [0.4, 0.5) is 0 Å². The second kappa shape index (κ2) is 10.4. The van der Waals surface area contributed by atoms with E-state index < -0.39 is 5.91 Å². The summed E-state index contributed by atoms with van der Waals surface area (Å²) in [5.74, 6) is 0.451. The van der Waals surface area contributed by atoms with E-state index in [2.05, 4.69) is 6.07 Å². The number of fused-ring (bicyclic) bond motifs is 1. The first-order valence-electron chi connectivity index (χ1n) is 11.4. The van der Waals surface area contributed by atoms with Crippen LogP contribution in [-0.4, -0.2) is 36.5 Å². The Hall–Kier alpha value is -3.54. The van der Waals surface area contributed by atoms with Crippen molar-refractivity contribution in [1.82, 2.24) is 4.90 Å². The minimum absolute atomic E-state index is 0.0423. The number of nitrogens with two attached hydrogens (primary N) is 1. The minimum Gasteiger partial charge on any atom is -0.493 e. The fourth-order valence-electron chi connectivity index (χ4n) is 4.52. The number of nitrogens with zero attached hydrogens (tertiary/aromatic N) is 1. The fraction of sp³-hybridized carbons (Fsp3) is 0.333. The van der Waals surface area contributed by atoms with Gasteiger partial charge in [0.15, 0.2) is 18.1 Å². The Bertz CT molecular complexity index is 1140. The summed E-state index contributed by atoms with van der Waals surface area (Å²) in [5, 5.41) is 2.18. The lowest BCUT2D eigenvalue weighted by Gasteiger charge is -2.35. The monoisotopic (exact) mass is 446 g/mol. The largest absolute Gasteiger partial charge is 0.493 e. The van der Waals surface area contributed by atoms with Gasteiger partial charge < -0.3 is 20.1 Å². The van der Waals surface area contributed by atoms with Gasteiger partial charge in [0.1, 0.15) is 0 Å². The molecule has 0 atom stereocenters. The molecule has 6 heteroatoms. The number of methoxy groups -OCH3 is 1. The Labute approximate surface area is 194 Å². The lowest BCUT2D eigenvalue weighted by molar-refractivity contribution is -0.119. The quantitative estimate of drug-likeness (QED) is 0.544. The van der Waals surface area contributed by atoms with E-state index in [-0.39, 0.29) is 18.6 Å². The lowest BCUT2D eigenvalue weighted by Crippen LogP contribution is -2.41. The molecule has 1 aliphatic carbocycles. The zero-order valence-electron chi connectivity index (χ0n) is 19.0. The first kappa shape index (κ1) is 22.6. The van der Waals surface area contributed by atoms with Gasteiger partial charge in [-0.3, -0.25) is 9.59 Å². The Morgan fingerprint density at radius 1 is 0.939 bits per heavy atom. The average molecular weight is 447 g/mol. The van der Waals surface area contributed by atoms with Crippen molar-refractivity contribution in [1.29, 1.82) is 0 Å². The smallest absolute Gasteiger partial charge is 0.255 e. The van der Waals surface area contributed by atoms with Gasteiger partial charge in [-0.2, -0.15) is 0 Å². The number of primary amides is 1. The third-order valence-electron chi connectivity index (χ3n) is 6.22. The van der Waals surface area contributed by atoms with E-state index in [1.165, 1.54) is 6.42 Å². The van der Waals surface area contributed by atoms with Crippen LogP contribution in [0.2, 0.25) is 0 Å². The van der Waals surface area contributed by atoms with Gasteiger partial charge in [-0.25, -0.2) is 0 Å². The molecule has 0 aromatic heterocycles. The van der Waals surface area contributed by atoms with Crippen LogP contribution in [0.25, 0.3) is 10.8 Å². The van der Waals surface area contributed by atoms with Gasteiger partial charge in [0.25, 0.3) is 11.8 Å². The van der Waals surface area contributed by atoms with Gasteiger partial charge in [0.2, 0.25) is 0 Å². The lowest BCUT2D eigenvalue weighted by atomic mass is 9.93. The van der Waals surface area contributed by atoms with Gasteiger partial charge in [0, 0.05) is 18.2 Å². The van der Waals surface area contributed by atoms with Crippen molar-refractivity contribution in [2.75, 3.05) is 13.7 Å². The predicted molar refractivity (Wildman–Crippen MR) is 128 cm³/mol. The second-order valence-electron chi connectivity index (χ2n) is 8.53. The van der Waals surface area contributed by atoms with Crippen LogP contribution < -0.4 is 15.2 Å². The third kappa shape index (κ3) is 5.45. The molecule has 0 heterocycles. The highest BCUT2D eigenvalue weighted by molar-refractivity contribution is 5.98. The summed E-state index contributed by atoms with van der Waals surface area (Å²) in [6.45, 7) is 0.257. The first-order chi connectivity index (χ1) is 16.0. The number of hydrogen-bond acceptors (Lipinski definition) is 4. The van der Waals surface area contributed by atoms with E-state index in [0.29, 0.717) is 23.6 Å². The molecule has 4 rings (SSSR count). The highest BCUT2D eigenvalue weighted by Crippen LogP contribution is 2.31. The van der Waals surface area contributed by atoms with E-state index >= 15 is 0 Å². The molecule has 1 saturated carbocycles. The molecule has 2 N–H and O–H groups in total. The van der Waals surface area contributed by atoms with Crippen molar-refractivity contribution in [3.63, 3.8) is 0 Å². The van der Waals surface area contributed by atoms with Crippen molar-refractivity contribution in [3.05, 3.63) is 71.8 Å². The van der Waals surface area contributed by atoms with Crippen LogP contribution in [0.5, 0.6) is 11.5 Å². The molecule has 0 radical (unpaired) electrons. The average Bonchev–Trinajstić information content (AvgIpc) is 2.86. The van der Waals surface area contributed by atoms with E-state index in [1.54, 1.807) is 13.2 Å². The van der Waals surface area contributed by atoms with Gasteiger partial charge in [-0.1, -0.05) is 55.7 Å². The van der Waals surface area contributed by atoms with Gasteiger partial charge >= 0.3 is 0 Å². The topological polar surface area (TPSA) is 81.9 Å². The van der Waals surface area contributed by atoms with Gasteiger partial charge in [0.05, 0.1) is 7.11 Å². The molecule has 0 bridgehead atoms. The summed E-state index contributed by atoms with van der Waals surface area (Å²) >= 11 is 0. The van der Waals surface area contributed by atoms with Crippen LogP contribution in [-0.2, 0) is 11.3 Å². The molecule has 33 heavy (non-hydrogen) atoms. The maximum atomic E-state index is 13.7. The summed E-state index contributed by atoms with van der Waals surface area (Å²) < 4.78 is 10.9. The Morgan fingerprint density at radius 2 is 1.70 bits per heavy atom. The van der Waals surface area contributed by atoms with Crippen molar-refractivity contribution < 1.29 is 19.1 Å². The molecule has 0 saturated heterocycles. The standard InChI is InChI=1S/C27H30N2O4/c1-32-25-15-19(11-14-24(25)33-18-26(28)30)17-29(23-9-3-2-4-10-23)27(31)22-13-12-20-7-5-6-8-21(20)16-22/h5-8,11-16,23H,2-4,9-10,17-18H2,1H3,(H2,28,30). The Kier molecular flexibility index (Phi) is 7.13. The molecule has 3 aromatic rings. The normalized spacial score (nSPS) is 14.1. The third-order valence-corrected chi connectivity index (χ3v) is 6.22. The molecular formula is C27H30N2O4. The zero-order chi connectivity index (χ0) is 23.2. The second-order valence-corrected chi connectivity index (χ2v) is 8.53. The van der Waals surface area contributed by atoms with E-state index in [0.717, 1.165) is 42.0 Å². The minimum atomic E-state index is -0.550. The number of carbonyl (C=O) groups is 2. The van der Waals surface area contributed by atoms with Gasteiger partial charge in [-0.15, -0.1) is 0 Å². The maximum Gasteiger partial charge on any atom is 0.255 e. The van der Waals surface area contributed by atoms with E-state index in [1.807, 2.05) is 53.4 Å². The van der Waals surface area contributed by atoms with Crippen molar-refractivity contribution >= 4 is 22.6 Å². The molecule has 1 aliphatic rings. The summed E-state index contributed by atoms with van der Waals surface area (Å²) in [6, 6.07) is 19.7. The molecule has 172 valence electrons. The number of hydrogen-bond donors (Lipinski definition) is 1. The Morgan fingerprint density at radius 3 is 2.42 bits per heavy atom. The van der Waals surface area contributed by atoms with Crippen LogP contribution in [0, 0.1) is 0 Å².